The summed E-state index contributed by atoms with van der Waals surface area (Å²) >= 11 is 0. The average Bonchev–Trinajstić information content (AvgIpc) is 2.65. The Bertz CT molecular complexity index is 734. The van der Waals surface area contributed by atoms with E-state index in [1.165, 1.54) is 39.8 Å². The van der Waals surface area contributed by atoms with Crippen LogP contribution < -0.4 is 15.8 Å². The molecule has 0 aliphatic heterocycles. The largest absolute Gasteiger partial charge is 0.495 e. The first kappa shape index (κ1) is 23.7. The number of hydrogen-bond acceptors (Lipinski definition) is 5. The molecule has 7 nitrogen and oxygen atoms in total. The van der Waals surface area contributed by atoms with Crippen LogP contribution in [-0.2, 0) is 10.0 Å². The summed E-state index contributed by atoms with van der Waals surface area (Å²) in [5, 5.41) is 2.98. The van der Waals surface area contributed by atoms with Crippen LogP contribution in [0, 0.1) is 5.92 Å². The molecule has 1 aromatic rings. The lowest BCUT2D eigenvalue weighted by molar-refractivity contribution is 0.0915. The van der Waals surface area contributed by atoms with Crippen molar-refractivity contribution < 1.29 is 17.9 Å². The predicted molar refractivity (Wildman–Crippen MR) is 108 cm³/mol. The first-order valence-electron chi connectivity index (χ1n) is 8.92. The molecule has 1 atom stereocenters. The number of nitrogens with zero attached hydrogens (tertiary/aromatic N) is 1. The molecule has 1 aliphatic carbocycles. The number of ether oxygens (including phenoxy) is 1. The maximum absolute atomic E-state index is 12.7. The van der Waals surface area contributed by atoms with E-state index in [1.54, 1.807) is 6.07 Å². The molecule has 1 aromatic carbocycles. The van der Waals surface area contributed by atoms with Crippen molar-refractivity contribution in [1.82, 2.24) is 9.62 Å². The molecule has 2 rings (SSSR count). The van der Waals surface area contributed by atoms with Gasteiger partial charge in [0.2, 0.25) is 10.0 Å². The van der Waals surface area contributed by atoms with Crippen molar-refractivity contribution in [3.63, 3.8) is 0 Å². The Balaban J connectivity index is 0.00000364. The number of hydrogen-bond donors (Lipinski definition) is 2. The molecule has 0 radical (unpaired) electrons. The molecule has 27 heavy (non-hydrogen) atoms. The van der Waals surface area contributed by atoms with Crippen LogP contribution in [0.4, 0.5) is 0 Å². The summed E-state index contributed by atoms with van der Waals surface area (Å²) < 4.78 is 31.3. The van der Waals surface area contributed by atoms with Gasteiger partial charge in [0.15, 0.2) is 0 Å². The fourth-order valence-corrected chi connectivity index (χ4v) is 4.45. The minimum atomic E-state index is -3.73. The van der Waals surface area contributed by atoms with Crippen LogP contribution in [0.25, 0.3) is 0 Å². The van der Waals surface area contributed by atoms with Gasteiger partial charge in [0, 0.05) is 32.2 Å². The number of sulfonamides is 1. The fourth-order valence-electron chi connectivity index (χ4n) is 3.37. The van der Waals surface area contributed by atoms with E-state index in [0.717, 1.165) is 30.0 Å². The summed E-state index contributed by atoms with van der Waals surface area (Å²) in [6, 6.07) is 4.33. The van der Waals surface area contributed by atoms with Crippen molar-refractivity contribution in [3.05, 3.63) is 23.8 Å². The van der Waals surface area contributed by atoms with Crippen LogP contribution in [0.5, 0.6) is 5.75 Å². The quantitative estimate of drug-likeness (QED) is 0.703. The van der Waals surface area contributed by atoms with E-state index in [1.807, 2.05) is 0 Å². The Morgan fingerprint density at radius 2 is 1.93 bits per heavy atom. The Morgan fingerprint density at radius 3 is 2.44 bits per heavy atom. The summed E-state index contributed by atoms with van der Waals surface area (Å²) in [5.74, 6) is 0.266. The molecule has 1 amide bonds. The molecule has 1 aliphatic rings. The smallest absolute Gasteiger partial charge is 0.251 e. The minimum absolute atomic E-state index is 0. The Hall–Kier alpha value is -1.35. The third-order valence-corrected chi connectivity index (χ3v) is 6.81. The van der Waals surface area contributed by atoms with Gasteiger partial charge in [-0.15, -0.1) is 12.4 Å². The van der Waals surface area contributed by atoms with Crippen LogP contribution >= 0.6 is 12.4 Å². The van der Waals surface area contributed by atoms with Gasteiger partial charge in [-0.2, -0.15) is 0 Å². The van der Waals surface area contributed by atoms with Crippen molar-refractivity contribution in [2.24, 2.45) is 11.7 Å². The highest BCUT2D eigenvalue weighted by Crippen LogP contribution is 2.28. The number of rotatable bonds is 7. The minimum Gasteiger partial charge on any atom is -0.495 e. The third kappa shape index (κ3) is 5.57. The van der Waals surface area contributed by atoms with E-state index in [-0.39, 0.29) is 40.6 Å². The topological polar surface area (TPSA) is 102 Å². The standard InChI is InChI=1S/C18H29N3O4S.ClH/c1-21(2)26(23,24)17-11-14(9-10-16(17)25-3)18(22)20-15(12-19)13-7-5-4-6-8-13;/h9-11,13,15H,4-8,12,19H2,1-3H3,(H,20,22);1H. The van der Waals surface area contributed by atoms with Gasteiger partial charge in [-0.05, 0) is 37.0 Å². The van der Waals surface area contributed by atoms with E-state index in [2.05, 4.69) is 5.32 Å². The van der Waals surface area contributed by atoms with Gasteiger partial charge < -0.3 is 15.8 Å². The third-order valence-electron chi connectivity index (χ3n) is 4.97. The molecule has 1 unspecified atom stereocenters. The normalized spacial score (nSPS) is 16.5. The molecule has 0 spiro atoms. The molecule has 154 valence electrons. The molecule has 0 bridgehead atoms. The summed E-state index contributed by atoms with van der Waals surface area (Å²) in [6.45, 7) is 0.370. The molecular formula is C18H30ClN3O4S. The first-order valence-corrected chi connectivity index (χ1v) is 10.4. The molecule has 9 heteroatoms. The number of nitrogens with one attached hydrogen (secondary N) is 1. The number of carbonyl (C=O) groups excluding carboxylic acids is 1. The van der Waals surface area contributed by atoms with Gasteiger partial charge in [-0.1, -0.05) is 19.3 Å². The molecule has 1 fully saturated rings. The number of methoxy groups -OCH3 is 1. The lowest BCUT2D eigenvalue weighted by Crippen LogP contribution is -2.45. The predicted octanol–water partition coefficient (Wildman–Crippen LogP) is 2.00. The number of amides is 1. The zero-order valence-electron chi connectivity index (χ0n) is 16.1. The maximum Gasteiger partial charge on any atom is 0.251 e. The molecule has 0 heterocycles. The molecule has 0 aromatic heterocycles. The van der Waals surface area contributed by atoms with E-state index in [9.17, 15) is 13.2 Å². The molecular weight excluding hydrogens is 390 g/mol. The van der Waals surface area contributed by atoms with Crippen molar-refractivity contribution in [1.29, 1.82) is 0 Å². The van der Waals surface area contributed by atoms with E-state index >= 15 is 0 Å². The summed E-state index contributed by atoms with van der Waals surface area (Å²) in [6.07, 6.45) is 5.66. The van der Waals surface area contributed by atoms with Crippen molar-refractivity contribution in [2.45, 2.75) is 43.0 Å². The van der Waals surface area contributed by atoms with Gasteiger partial charge >= 0.3 is 0 Å². The lowest BCUT2D eigenvalue weighted by atomic mass is 9.84. The number of nitrogens with two attached hydrogens (primary N) is 1. The SMILES string of the molecule is COc1ccc(C(=O)NC(CN)C2CCCCC2)cc1S(=O)(=O)N(C)C.Cl. The van der Waals surface area contributed by atoms with E-state index in [0.29, 0.717) is 12.5 Å². The van der Waals surface area contributed by atoms with E-state index in [4.69, 9.17) is 10.5 Å². The van der Waals surface area contributed by atoms with E-state index < -0.39 is 10.0 Å². The van der Waals surface area contributed by atoms with Crippen LogP contribution in [0.2, 0.25) is 0 Å². The maximum atomic E-state index is 12.7. The monoisotopic (exact) mass is 419 g/mol. The highest BCUT2D eigenvalue weighted by atomic mass is 35.5. The Labute approximate surface area is 168 Å². The summed E-state index contributed by atoms with van der Waals surface area (Å²) in [5.41, 5.74) is 6.16. The Kier molecular flexibility index (Phi) is 9.01. The number of halogens is 1. The zero-order chi connectivity index (χ0) is 19.3. The van der Waals surface area contributed by atoms with Crippen LogP contribution in [0.15, 0.2) is 23.1 Å². The van der Waals surface area contributed by atoms with Gasteiger partial charge in [-0.25, -0.2) is 12.7 Å². The molecule has 3 N–H and O–H groups in total. The van der Waals surface area contributed by atoms with Crippen LogP contribution in [0.1, 0.15) is 42.5 Å². The molecule has 0 saturated heterocycles. The van der Waals surface area contributed by atoms with Gasteiger partial charge in [-0.3, -0.25) is 4.79 Å². The first-order chi connectivity index (χ1) is 12.3. The summed E-state index contributed by atoms with van der Waals surface area (Å²) in [4.78, 5) is 12.7. The summed E-state index contributed by atoms with van der Waals surface area (Å²) in [7, 11) is 0.553. The van der Waals surface area contributed by atoms with Gasteiger partial charge in [0.1, 0.15) is 10.6 Å². The van der Waals surface area contributed by atoms with Crippen molar-refractivity contribution in [2.75, 3.05) is 27.7 Å². The number of carbonyl (C=O) groups is 1. The highest BCUT2D eigenvalue weighted by Gasteiger charge is 2.27. The fraction of sp³-hybridized carbons (Fsp3) is 0.611. The van der Waals surface area contributed by atoms with Crippen LogP contribution in [0.3, 0.4) is 0 Å². The second-order valence-corrected chi connectivity index (χ2v) is 8.99. The second-order valence-electron chi connectivity index (χ2n) is 6.87. The molecule has 1 saturated carbocycles. The second kappa shape index (κ2) is 10.3. The van der Waals surface area contributed by atoms with Crippen LogP contribution in [-0.4, -0.2) is 52.4 Å². The number of benzene rings is 1. The highest BCUT2D eigenvalue weighted by molar-refractivity contribution is 7.89. The van der Waals surface area contributed by atoms with Crippen molar-refractivity contribution in [3.8, 4) is 5.75 Å². The van der Waals surface area contributed by atoms with Gasteiger partial charge in [0.05, 0.1) is 7.11 Å². The zero-order valence-corrected chi connectivity index (χ0v) is 17.7. The van der Waals surface area contributed by atoms with Crippen molar-refractivity contribution >= 4 is 28.3 Å². The van der Waals surface area contributed by atoms with Gasteiger partial charge in [0.25, 0.3) is 5.91 Å². The average molecular weight is 420 g/mol. The lowest BCUT2D eigenvalue weighted by Gasteiger charge is -2.30. The Morgan fingerprint density at radius 1 is 1.30 bits per heavy atom.